The molecule has 0 radical (unpaired) electrons. The molecule has 26 heavy (non-hydrogen) atoms. The number of aliphatic imine (C=N–C) groups is 2. The van der Waals surface area contributed by atoms with Crippen LogP contribution in [-0.4, -0.2) is 59.4 Å². The maximum atomic E-state index is 7.96. The lowest BCUT2D eigenvalue weighted by atomic mass is 10.2. The molecule has 0 bridgehead atoms. The Labute approximate surface area is 156 Å². The van der Waals surface area contributed by atoms with Gasteiger partial charge in [-0.2, -0.15) is 0 Å². The van der Waals surface area contributed by atoms with Crippen molar-refractivity contribution >= 4 is 29.5 Å². The maximum Gasteiger partial charge on any atom is 0.0784 e. The molecule has 1 N–H and O–H groups in total. The molecule has 0 aliphatic heterocycles. The molecule has 0 aliphatic carbocycles. The van der Waals surface area contributed by atoms with Crippen LogP contribution in [0.2, 0.25) is 0 Å². The largest absolute Gasteiger partial charge is 0.378 e. The molecular weight excluding hydrogens is 322 g/mol. The molecule has 136 valence electrons. The highest BCUT2D eigenvalue weighted by molar-refractivity contribution is 5.90. The Morgan fingerprint density at radius 1 is 0.731 bits per heavy atom. The molecule has 0 unspecified atom stereocenters. The summed E-state index contributed by atoms with van der Waals surface area (Å²) in [6.07, 6.45) is 3.61. The minimum Gasteiger partial charge on any atom is -0.378 e. The SMILES string of the molecule is CN(C)c1ccc(C=NCC(=N)CN=Cc2ccc(N(C)C)cc2)cc1. The van der Waals surface area contributed by atoms with E-state index in [4.69, 9.17) is 5.41 Å². The molecule has 0 heterocycles. The summed E-state index contributed by atoms with van der Waals surface area (Å²) < 4.78 is 0. The van der Waals surface area contributed by atoms with Crippen molar-refractivity contribution < 1.29 is 0 Å². The molecule has 2 aromatic carbocycles. The fourth-order valence-electron chi connectivity index (χ4n) is 2.29. The molecule has 0 saturated heterocycles. The van der Waals surface area contributed by atoms with Crippen molar-refractivity contribution in [1.82, 2.24) is 0 Å². The molecule has 0 saturated carbocycles. The van der Waals surface area contributed by atoms with Crippen LogP contribution < -0.4 is 9.80 Å². The number of rotatable bonds is 8. The zero-order valence-corrected chi connectivity index (χ0v) is 16.0. The summed E-state index contributed by atoms with van der Waals surface area (Å²) in [5, 5.41) is 7.96. The second-order valence-corrected chi connectivity index (χ2v) is 6.52. The Morgan fingerprint density at radius 3 is 1.38 bits per heavy atom. The van der Waals surface area contributed by atoms with E-state index in [0.29, 0.717) is 18.8 Å². The monoisotopic (exact) mass is 349 g/mol. The van der Waals surface area contributed by atoms with Crippen molar-refractivity contribution in [3.8, 4) is 0 Å². The fourth-order valence-corrected chi connectivity index (χ4v) is 2.29. The predicted octanol–water partition coefficient (Wildman–Crippen LogP) is 3.38. The van der Waals surface area contributed by atoms with Crippen LogP contribution in [0.25, 0.3) is 0 Å². The predicted molar refractivity (Wildman–Crippen MR) is 114 cm³/mol. The summed E-state index contributed by atoms with van der Waals surface area (Å²) in [4.78, 5) is 12.8. The van der Waals surface area contributed by atoms with Crippen molar-refractivity contribution in [2.45, 2.75) is 0 Å². The zero-order chi connectivity index (χ0) is 18.9. The Hall–Kier alpha value is -2.95. The first-order valence-electron chi connectivity index (χ1n) is 8.56. The summed E-state index contributed by atoms with van der Waals surface area (Å²) in [5.74, 6) is 0. The van der Waals surface area contributed by atoms with Gasteiger partial charge in [0.15, 0.2) is 0 Å². The molecule has 0 fully saturated rings. The van der Waals surface area contributed by atoms with Crippen LogP contribution in [0.1, 0.15) is 11.1 Å². The fraction of sp³-hybridized carbons (Fsp3) is 0.286. The van der Waals surface area contributed by atoms with Crippen LogP contribution in [0.3, 0.4) is 0 Å². The van der Waals surface area contributed by atoms with Gasteiger partial charge in [-0.15, -0.1) is 0 Å². The highest BCUT2D eigenvalue weighted by Crippen LogP contribution is 2.11. The molecule has 5 nitrogen and oxygen atoms in total. The van der Waals surface area contributed by atoms with Crippen LogP contribution in [-0.2, 0) is 0 Å². The number of hydrogen-bond acceptors (Lipinski definition) is 5. The van der Waals surface area contributed by atoms with E-state index in [1.165, 1.54) is 0 Å². The maximum absolute atomic E-state index is 7.96. The second kappa shape index (κ2) is 9.51. The topological polar surface area (TPSA) is 55.1 Å². The number of benzene rings is 2. The number of anilines is 2. The van der Waals surface area contributed by atoms with Gasteiger partial charge in [-0.05, 0) is 35.4 Å². The molecule has 0 amide bonds. The van der Waals surface area contributed by atoms with Crippen molar-refractivity contribution in [2.24, 2.45) is 9.98 Å². The molecule has 0 atom stereocenters. The van der Waals surface area contributed by atoms with E-state index in [9.17, 15) is 0 Å². The van der Waals surface area contributed by atoms with Crippen LogP contribution >= 0.6 is 0 Å². The van der Waals surface area contributed by atoms with Crippen LogP contribution in [0, 0.1) is 5.41 Å². The average molecular weight is 349 g/mol. The van der Waals surface area contributed by atoms with Gasteiger partial charge in [0.05, 0.1) is 18.8 Å². The van der Waals surface area contributed by atoms with Crippen LogP contribution in [0.15, 0.2) is 58.5 Å². The van der Waals surface area contributed by atoms with Gasteiger partial charge in [-0.3, -0.25) is 9.98 Å². The van der Waals surface area contributed by atoms with Crippen LogP contribution in [0.5, 0.6) is 0 Å². The third-order valence-corrected chi connectivity index (χ3v) is 3.86. The highest BCUT2D eigenvalue weighted by atomic mass is 15.1. The average Bonchev–Trinajstić information content (AvgIpc) is 2.62. The molecule has 5 heteroatoms. The number of nitrogens with zero attached hydrogens (tertiary/aromatic N) is 4. The van der Waals surface area contributed by atoms with E-state index in [1.54, 1.807) is 12.4 Å². The Kier molecular flexibility index (Phi) is 7.09. The molecular formula is C21H27N5. The van der Waals surface area contributed by atoms with Gasteiger partial charge in [-0.1, -0.05) is 24.3 Å². The summed E-state index contributed by atoms with van der Waals surface area (Å²) in [6, 6.07) is 16.3. The Morgan fingerprint density at radius 2 is 1.08 bits per heavy atom. The minimum atomic E-state index is 0.367. The molecule has 0 aromatic heterocycles. The van der Waals surface area contributed by atoms with Gasteiger partial charge >= 0.3 is 0 Å². The van der Waals surface area contributed by atoms with Gasteiger partial charge in [0.2, 0.25) is 0 Å². The smallest absolute Gasteiger partial charge is 0.0784 e. The molecule has 2 rings (SSSR count). The number of nitrogens with one attached hydrogen (secondary N) is 1. The van der Waals surface area contributed by atoms with E-state index < -0.39 is 0 Å². The Bertz CT molecular complexity index is 690. The third-order valence-electron chi connectivity index (χ3n) is 3.86. The minimum absolute atomic E-state index is 0.367. The van der Waals surface area contributed by atoms with Crippen molar-refractivity contribution in [3.05, 3.63) is 59.7 Å². The normalized spacial score (nSPS) is 11.2. The van der Waals surface area contributed by atoms with E-state index in [2.05, 4.69) is 44.1 Å². The first kappa shape index (κ1) is 19.4. The first-order chi connectivity index (χ1) is 12.5. The van der Waals surface area contributed by atoms with Crippen molar-refractivity contribution in [1.29, 1.82) is 5.41 Å². The van der Waals surface area contributed by atoms with E-state index >= 15 is 0 Å². The first-order valence-corrected chi connectivity index (χ1v) is 8.56. The van der Waals surface area contributed by atoms with E-state index in [0.717, 1.165) is 22.5 Å². The van der Waals surface area contributed by atoms with Crippen molar-refractivity contribution in [3.63, 3.8) is 0 Å². The third kappa shape index (κ3) is 6.16. The second-order valence-electron chi connectivity index (χ2n) is 6.52. The lowest BCUT2D eigenvalue weighted by Crippen LogP contribution is -2.08. The molecule has 0 aliphatic rings. The van der Waals surface area contributed by atoms with Crippen LogP contribution in [0.4, 0.5) is 11.4 Å². The lowest BCUT2D eigenvalue weighted by Gasteiger charge is -2.11. The van der Waals surface area contributed by atoms with Gasteiger partial charge in [0.25, 0.3) is 0 Å². The highest BCUT2D eigenvalue weighted by Gasteiger charge is 1.96. The number of hydrogen-bond donors (Lipinski definition) is 1. The quantitative estimate of drug-likeness (QED) is 0.743. The van der Waals surface area contributed by atoms with Gasteiger partial charge < -0.3 is 15.2 Å². The molecule has 2 aromatic rings. The van der Waals surface area contributed by atoms with Gasteiger partial charge in [0.1, 0.15) is 0 Å². The van der Waals surface area contributed by atoms with Gasteiger partial charge in [-0.25, -0.2) is 0 Å². The summed E-state index contributed by atoms with van der Waals surface area (Å²) in [7, 11) is 8.06. The lowest BCUT2D eigenvalue weighted by molar-refractivity contribution is 1.13. The van der Waals surface area contributed by atoms with E-state index in [-0.39, 0.29) is 0 Å². The zero-order valence-electron chi connectivity index (χ0n) is 16.0. The van der Waals surface area contributed by atoms with Crippen molar-refractivity contribution in [2.75, 3.05) is 51.1 Å². The standard InChI is InChI=1S/C21H27N5/c1-25(2)20-9-5-17(6-10-20)13-23-15-19(22)16-24-14-18-7-11-21(12-8-18)26(3)4/h5-14,22H,15-16H2,1-4H3. The summed E-state index contributed by atoms with van der Waals surface area (Å²) in [5.41, 5.74) is 4.87. The molecule has 0 spiro atoms. The van der Waals surface area contributed by atoms with Gasteiger partial charge in [0, 0.05) is 52.0 Å². The summed E-state index contributed by atoms with van der Waals surface area (Å²) >= 11 is 0. The summed E-state index contributed by atoms with van der Waals surface area (Å²) in [6.45, 7) is 0.735. The van der Waals surface area contributed by atoms with E-state index in [1.807, 2.05) is 52.5 Å². The Balaban J connectivity index is 1.79.